The lowest BCUT2D eigenvalue weighted by atomic mass is 9.93. The number of benzene rings is 3. The number of carbonyl (C=O) groups is 1. The first-order chi connectivity index (χ1) is 18.1. The average Bonchev–Trinajstić information content (AvgIpc) is 3.34. The first kappa shape index (κ1) is 25.6. The van der Waals surface area contributed by atoms with Crippen LogP contribution in [0.1, 0.15) is 48.9 Å². The van der Waals surface area contributed by atoms with E-state index in [1.54, 1.807) is 17.4 Å². The monoisotopic (exact) mass is 515 g/mol. The number of piperazine rings is 1. The van der Waals surface area contributed by atoms with Crippen LogP contribution in [0.3, 0.4) is 0 Å². The van der Waals surface area contributed by atoms with Crippen LogP contribution in [0, 0.1) is 11.7 Å². The molecule has 1 aromatic heterocycles. The van der Waals surface area contributed by atoms with Crippen LogP contribution in [0.25, 0.3) is 10.2 Å². The van der Waals surface area contributed by atoms with Gasteiger partial charge in [0.15, 0.2) is 0 Å². The van der Waals surface area contributed by atoms with E-state index in [0.29, 0.717) is 12.1 Å². The molecule has 4 aromatic rings. The SMILES string of the molecule is CCC(CC)C(=O)Cc1ccc(N2CCN(C(c3ccccc3)c3nc4ccccc4s3)CC2)c(F)c1. The molecule has 5 rings (SSSR count). The number of anilines is 1. The van der Waals surface area contributed by atoms with Gasteiger partial charge in [-0.15, -0.1) is 11.3 Å². The van der Waals surface area contributed by atoms with Gasteiger partial charge in [-0.3, -0.25) is 9.69 Å². The Morgan fingerprint density at radius 1 is 0.946 bits per heavy atom. The molecular formula is C31H34FN3OS. The van der Waals surface area contributed by atoms with Crippen molar-refractivity contribution in [2.75, 3.05) is 31.1 Å². The Morgan fingerprint density at radius 2 is 1.65 bits per heavy atom. The number of thiazole rings is 1. The topological polar surface area (TPSA) is 36.4 Å². The number of aromatic nitrogens is 1. The van der Waals surface area contributed by atoms with Gasteiger partial charge in [-0.05, 0) is 48.2 Å². The Kier molecular flexibility index (Phi) is 7.96. The fraction of sp³-hybridized carbons (Fsp3) is 0.355. The average molecular weight is 516 g/mol. The highest BCUT2D eigenvalue weighted by atomic mass is 32.1. The predicted molar refractivity (Wildman–Crippen MR) is 151 cm³/mol. The Balaban J connectivity index is 1.31. The molecule has 2 heterocycles. The molecule has 1 atom stereocenters. The maximum absolute atomic E-state index is 15.2. The molecule has 1 saturated heterocycles. The van der Waals surface area contributed by atoms with E-state index in [4.69, 9.17) is 4.98 Å². The lowest BCUT2D eigenvalue weighted by Crippen LogP contribution is -2.48. The van der Waals surface area contributed by atoms with Gasteiger partial charge in [0.1, 0.15) is 16.6 Å². The smallest absolute Gasteiger partial charge is 0.146 e. The fourth-order valence-electron chi connectivity index (χ4n) is 5.38. The van der Waals surface area contributed by atoms with Crippen LogP contribution in [-0.4, -0.2) is 41.8 Å². The van der Waals surface area contributed by atoms with E-state index in [1.165, 1.54) is 10.3 Å². The van der Waals surface area contributed by atoms with Gasteiger partial charge in [-0.1, -0.05) is 62.4 Å². The largest absolute Gasteiger partial charge is 0.367 e. The third kappa shape index (κ3) is 5.60. The number of hydrogen-bond acceptors (Lipinski definition) is 5. The second-order valence-electron chi connectivity index (χ2n) is 9.80. The number of fused-ring (bicyclic) bond motifs is 1. The summed E-state index contributed by atoms with van der Waals surface area (Å²) in [6.07, 6.45) is 1.97. The van der Waals surface area contributed by atoms with Crippen LogP contribution < -0.4 is 4.90 Å². The van der Waals surface area contributed by atoms with Crippen molar-refractivity contribution in [3.8, 4) is 0 Å². The van der Waals surface area contributed by atoms with Crippen molar-refractivity contribution in [1.29, 1.82) is 0 Å². The van der Waals surface area contributed by atoms with E-state index in [0.717, 1.165) is 55.1 Å². The van der Waals surface area contributed by atoms with Crippen molar-refractivity contribution in [2.24, 2.45) is 5.92 Å². The van der Waals surface area contributed by atoms with Gasteiger partial charge in [0.25, 0.3) is 0 Å². The predicted octanol–water partition coefficient (Wildman–Crippen LogP) is 6.89. The summed E-state index contributed by atoms with van der Waals surface area (Å²) >= 11 is 1.75. The highest BCUT2D eigenvalue weighted by molar-refractivity contribution is 7.18. The molecule has 0 N–H and O–H groups in total. The minimum atomic E-state index is -0.242. The standard InChI is InChI=1S/C31H34FN3OS/c1-3-23(4-2)28(36)21-22-14-15-27(25(32)20-22)34-16-18-35(19-17-34)30(24-10-6-5-7-11-24)31-33-26-12-8-9-13-29(26)37-31/h5-15,20,23,30H,3-4,16-19,21H2,1-2H3. The van der Waals surface area contributed by atoms with Gasteiger partial charge >= 0.3 is 0 Å². The van der Waals surface area contributed by atoms with Gasteiger partial charge in [0, 0.05) is 38.5 Å². The first-order valence-electron chi connectivity index (χ1n) is 13.3. The number of carbonyl (C=O) groups excluding carboxylic acids is 1. The van der Waals surface area contributed by atoms with E-state index < -0.39 is 0 Å². The maximum atomic E-state index is 15.2. The summed E-state index contributed by atoms with van der Waals surface area (Å²) in [4.78, 5) is 22.1. The summed E-state index contributed by atoms with van der Waals surface area (Å²) in [6, 6.07) is 24.2. The molecule has 0 saturated carbocycles. The van der Waals surface area contributed by atoms with E-state index in [-0.39, 0.29) is 23.6 Å². The zero-order valence-corrected chi connectivity index (χ0v) is 22.4. The summed E-state index contributed by atoms with van der Waals surface area (Å²) in [5.41, 5.74) is 3.64. The molecular weight excluding hydrogens is 481 g/mol. The number of hydrogen-bond donors (Lipinski definition) is 0. The molecule has 192 valence electrons. The Morgan fingerprint density at radius 3 is 2.32 bits per heavy atom. The second kappa shape index (κ2) is 11.5. The molecule has 1 aliphatic heterocycles. The summed E-state index contributed by atoms with van der Waals surface area (Å²) in [5.74, 6) is 0.0189. The third-order valence-corrected chi connectivity index (χ3v) is 8.60. The molecule has 0 spiro atoms. The number of halogens is 1. The van der Waals surface area contributed by atoms with Gasteiger partial charge < -0.3 is 4.90 Å². The summed E-state index contributed by atoms with van der Waals surface area (Å²) in [5, 5.41) is 1.10. The zero-order valence-electron chi connectivity index (χ0n) is 21.6. The van der Waals surface area contributed by atoms with E-state index in [1.807, 2.05) is 38.1 Å². The van der Waals surface area contributed by atoms with Crippen molar-refractivity contribution in [3.63, 3.8) is 0 Å². The summed E-state index contributed by atoms with van der Waals surface area (Å²) < 4.78 is 16.4. The number of rotatable bonds is 9. The minimum absolute atomic E-state index is 0.0591. The van der Waals surface area contributed by atoms with Crippen LogP contribution in [0.4, 0.5) is 10.1 Å². The van der Waals surface area contributed by atoms with Crippen LogP contribution in [-0.2, 0) is 11.2 Å². The van der Waals surface area contributed by atoms with Gasteiger partial charge in [-0.2, -0.15) is 0 Å². The zero-order chi connectivity index (χ0) is 25.8. The number of Topliss-reactive ketones (excluding diaryl/α,β-unsaturated/α-hetero) is 1. The van der Waals surface area contributed by atoms with Gasteiger partial charge in [0.2, 0.25) is 0 Å². The summed E-state index contributed by atoms with van der Waals surface area (Å²) in [6.45, 7) is 7.16. The minimum Gasteiger partial charge on any atom is -0.367 e. The number of nitrogens with zero attached hydrogens (tertiary/aromatic N) is 3. The van der Waals surface area contributed by atoms with Crippen molar-refractivity contribution >= 4 is 33.0 Å². The fourth-order valence-corrected chi connectivity index (χ4v) is 6.51. The quantitative estimate of drug-likeness (QED) is 0.243. The lowest BCUT2D eigenvalue weighted by molar-refractivity contribution is -0.122. The molecule has 3 aromatic carbocycles. The van der Waals surface area contributed by atoms with Crippen LogP contribution >= 0.6 is 11.3 Å². The first-order valence-corrected chi connectivity index (χ1v) is 14.1. The Labute approximate surface area is 222 Å². The molecule has 1 aliphatic rings. The van der Waals surface area contributed by atoms with Gasteiger partial charge in [0.05, 0.1) is 21.9 Å². The normalized spacial score (nSPS) is 15.4. The Hall–Kier alpha value is -3.09. The van der Waals surface area contributed by atoms with Crippen molar-refractivity contribution in [1.82, 2.24) is 9.88 Å². The molecule has 1 unspecified atom stereocenters. The molecule has 6 heteroatoms. The maximum Gasteiger partial charge on any atom is 0.146 e. The molecule has 4 nitrogen and oxygen atoms in total. The highest BCUT2D eigenvalue weighted by Crippen LogP contribution is 2.35. The number of ketones is 1. The van der Waals surface area contributed by atoms with Crippen LogP contribution in [0.2, 0.25) is 0 Å². The van der Waals surface area contributed by atoms with Crippen molar-refractivity contribution < 1.29 is 9.18 Å². The third-order valence-electron chi connectivity index (χ3n) is 7.51. The van der Waals surface area contributed by atoms with Crippen LogP contribution in [0.5, 0.6) is 0 Å². The van der Waals surface area contributed by atoms with Crippen molar-refractivity contribution in [3.05, 3.63) is 94.7 Å². The number of para-hydroxylation sites is 1. The van der Waals surface area contributed by atoms with E-state index in [2.05, 4.69) is 52.3 Å². The highest BCUT2D eigenvalue weighted by Gasteiger charge is 2.29. The molecule has 0 radical (unpaired) electrons. The second-order valence-corrected chi connectivity index (χ2v) is 10.9. The van der Waals surface area contributed by atoms with Gasteiger partial charge in [-0.25, -0.2) is 9.37 Å². The molecule has 0 amide bonds. The molecule has 37 heavy (non-hydrogen) atoms. The molecule has 0 aliphatic carbocycles. The van der Waals surface area contributed by atoms with Crippen molar-refractivity contribution in [2.45, 2.75) is 39.2 Å². The van der Waals surface area contributed by atoms with E-state index in [9.17, 15) is 4.79 Å². The lowest BCUT2D eigenvalue weighted by Gasteiger charge is -2.40. The Bertz CT molecular complexity index is 1310. The summed E-state index contributed by atoms with van der Waals surface area (Å²) in [7, 11) is 0. The molecule has 0 bridgehead atoms. The molecule has 1 fully saturated rings. The van der Waals surface area contributed by atoms with E-state index >= 15 is 4.39 Å². The van der Waals surface area contributed by atoms with Crippen LogP contribution in [0.15, 0.2) is 72.8 Å².